The van der Waals surface area contributed by atoms with Crippen LogP contribution in [0.2, 0.25) is 0 Å². The molecule has 1 saturated carbocycles. The van der Waals surface area contributed by atoms with Gasteiger partial charge < -0.3 is 5.32 Å². The highest BCUT2D eigenvalue weighted by Gasteiger charge is 2.22. The highest BCUT2D eigenvalue weighted by Crippen LogP contribution is 2.30. The van der Waals surface area contributed by atoms with Crippen molar-refractivity contribution in [2.24, 2.45) is 5.92 Å². The number of alkyl halides is 1. The van der Waals surface area contributed by atoms with E-state index in [-0.39, 0.29) is 5.91 Å². The van der Waals surface area contributed by atoms with Gasteiger partial charge in [0.25, 0.3) is 5.91 Å². The first-order valence-electron chi connectivity index (χ1n) is 5.93. The van der Waals surface area contributed by atoms with Gasteiger partial charge in [-0.3, -0.25) is 4.79 Å². The van der Waals surface area contributed by atoms with Crippen LogP contribution in [0.25, 0.3) is 0 Å². The molecule has 2 rings (SSSR count). The third kappa shape index (κ3) is 3.54. The molecule has 0 radical (unpaired) electrons. The Labute approximate surface area is 123 Å². The quantitative estimate of drug-likeness (QED) is 0.794. The number of amides is 1. The molecular weight excluding hydrogens is 365 g/mol. The van der Waals surface area contributed by atoms with Gasteiger partial charge in [-0.2, -0.15) is 0 Å². The average Bonchev–Trinajstić information content (AvgIpc) is 2.75. The Bertz CT molecular complexity index is 453. The van der Waals surface area contributed by atoms with E-state index in [1.807, 2.05) is 0 Å². The fraction of sp³-hybridized carbons (Fsp3) is 0.462. The summed E-state index contributed by atoms with van der Waals surface area (Å²) >= 11 is 6.65. The lowest BCUT2D eigenvalue weighted by molar-refractivity contribution is 0.0947. The maximum absolute atomic E-state index is 13.3. The van der Waals surface area contributed by atoms with Crippen molar-refractivity contribution in [2.75, 3.05) is 6.54 Å². The van der Waals surface area contributed by atoms with E-state index in [0.717, 1.165) is 19.3 Å². The molecule has 98 valence electrons. The Morgan fingerprint density at radius 1 is 1.44 bits per heavy atom. The summed E-state index contributed by atoms with van der Waals surface area (Å²) in [7, 11) is 0. The Morgan fingerprint density at radius 3 is 2.83 bits per heavy atom. The molecule has 0 spiro atoms. The van der Waals surface area contributed by atoms with E-state index in [4.69, 9.17) is 0 Å². The van der Waals surface area contributed by atoms with Crippen molar-refractivity contribution in [2.45, 2.75) is 24.1 Å². The van der Waals surface area contributed by atoms with E-state index in [1.54, 1.807) is 12.1 Å². The Balaban J connectivity index is 1.89. The molecule has 1 fully saturated rings. The summed E-state index contributed by atoms with van der Waals surface area (Å²) in [5, 5.41) is 2.87. The summed E-state index contributed by atoms with van der Waals surface area (Å²) in [6.07, 6.45) is 3.38. The lowest BCUT2D eigenvalue weighted by Gasteiger charge is -2.11. The molecule has 1 aromatic carbocycles. The normalized spacial score (nSPS) is 23.1. The van der Waals surface area contributed by atoms with Gasteiger partial charge in [-0.05, 0) is 59.3 Å². The molecule has 1 aliphatic carbocycles. The summed E-state index contributed by atoms with van der Waals surface area (Å²) in [6.45, 7) is 0.665. The minimum atomic E-state index is -0.413. The Kier molecular flexibility index (Phi) is 4.78. The van der Waals surface area contributed by atoms with E-state index in [0.29, 0.717) is 27.3 Å². The first kappa shape index (κ1) is 14.0. The molecule has 2 nitrogen and oxygen atoms in total. The lowest BCUT2D eigenvalue weighted by Crippen LogP contribution is -2.28. The maximum Gasteiger partial charge on any atom is 0.251 e. The molecule has 0 saturated heterocycles. The predicted octanol–water partition coefficient (Wildman–Crippen LogP) is 3.88. The maximum atomic E-state index is 13.3. The summed E-state index contributed by atoms with van der Waals surface area (Å²) in [5.74, 6) is -0.0953. The van der Waals surface area contributed by atoms with Gasteiger partial charge in [-0.25, -0.2) is 4.39 Å². The molecule has 18 heavy (non-hydrogen) atoms. The van der Waals surface area contributed by atoms with Gasteiger partial charge in [-0.1, -0.05) is 15.9 Å². The summed E-state index contributed by atoms with van der Waals surface area (Å²) in [4.78, 5) is 12.4. The molecule has 2 unspecified atom stereocenters. The van der Waals surface area contributed by atoms with Gasteiger partial charge in [0.05, 0.1) is 4.47 Å². The molecule has 0 aromatic heterocycles. The number of nitrogens with one attached hydrogen (secondary N) is 1. The van der Waals surface area contributed by atoms with Crippen LogP contribution in [0.3, 0.4) is 0 Å². The van der Waals surface area contributed by atoms with Crippen LogP contribution < -0.4 is 5.32 Å². The smallest absolute Gasteiger partial charge is 0.251 e. The molecule has 2 atom stereocenters. The zero-order valence-electron chi connectivity index (χ0n) is 9.76. The van der Waals surface area contributed by atoms with Crippen LogP contribution in [0.4, 0.5) is 4.39 Å². The third-order valence-corrected chi connectivity index (χ3v) is 4.69. The highest BCUT2D eigenvalue weighted by atomic mass is 79.9. The minimum absolute atomic E-state index is 0.209. The van der Waals surface area contributed by atoms with Crippen LogP contribution >= 0.6 is 31.9 Å². The van der Waals surface area contributed by atoms with Crippen LogP contribution in [0.5, 0.6) is 0 Å². The minimum Gasteiger partial charge on any atom is -0.352 e. The number of halogens is 3. The second kappa shape index (κ2) is 6.15. The topological polar surface area (TPSA) is 29.1 Å². The van der Waals surface area contributed by atoms with Gasteiger partial charge in [0, 0.05) is 16.9 Å². The average molecular weight is 379 g/mol. The molecule has 0 aliphatic heterocycles. The molecule has 0 bridgehead atoms. The monoisotopic (exact) mass is 377 g/mol. The summed E-state index contributed by atoms with van der Waals surface area (Å²) < 4.78 is 13.7. The second-order valence-electron chi connectivity index (χ2n) is 4.62. The van der Waals surface area contributed by atoms with Crippen molar-refractivity contribution in [1.82, 2.24) is 5.32 Å². The molecule has 1 N–H and O–H groups in total. The fourth-order valence-corrected chi connectivity index (χ4v) is 3.22. The third-order valence-electron chi connectivity index (χ3n) is 3.21. The van der Waals surface area contributed by atoms with Crippen molar-refractivity contribution in [3.8, 4) is 0 Å². The fourth-order valence-electron chi connectivity index (χ4n) is 2.18. The van der Waals surface area contributed by atoms with Gasteiger partial charge >= 0.3 is 0 Å². The summed E-state index contributed by atoms with van der Waals surface area (Å²) in [5.41, 5.74) is 0.365. The van der Waals surface area contributed by atoms with Crippen LogP contribution in [-0.4, -0.2) is 17.3 Å². The zero-order valence-corrected chi connectivity index (χ0v) is 12.9. The van der Waals surface area contributed by atoms with Crippen LogP contribution in [0.1, 0.15) is 29.6 Å². The largest absolute Gasteiger partial charge is 0.352 e. The molecule has 1 amide bonds. The van der Waals surface area contributed by atoms with E-state index in [2.05, 4.69) is 37.2 Å². The van der Waals surface area contributed by atoms with Crippen LogP contribution in [0.15, 0.2) is 22.7 Å². The van der Waals surface area contributed by atoms with Crippen LogP contribution in [0, 0.1) is 11.7 Å². The van der Waals surface area contributed by atoms with Crippen molar-refractivity contribution < 1.29 is 9.18 Å². The van der Waals surface area contributed by atoms with Crippen LogP contribution in [-0.2, 0) is 0 Å². The number of carbonyl (C=O) groups is 1. The lowest BCUT2D eigenvalue weighted by atomic mass is 10.1. The first-order chi connectivity index (χ1) is 8.56. The van der Waals surface area contributed by atoms with E-state index in [9.17, 15) is 9.18 Å². The van der Waals surface area contributed by atoms with E-state index < -0.39 is 5.82 Å². The molecule has 1 aromatic rings. The SMILES string of the molecule is O=C(NCC1CCC(Br)C1)c1ccc(Br)c(F)c1. The first-order valence-corrected chi connectivity index (χ1v) is 7.64. The number of benzene rings is 1. The Hall–Kier alpha value is -0.420. The van der Waals surface area contributed by atoms with Crippen molar-refractivity contribution in [3.63, 3.8) is 0 Å². The van der Waals surface area contributed by atoms with Gasteiger partial charge in [0.1, 0.15) is 5.82 Å². The second-order valence-corrected chi connectivity index (χ2v) is 6.76. The Morgan fingerprint density at radius 2 is 2.22 bits per heavy atom. The number of carbonyl (C=O) groups excluding carboxylic acids is 1. The molecule has 0 heterocycles. The molecule has 5 heteroatoms. The number of rotatable bonds is 3. The number of hydrogen-bond donors (Lipinski definition) is 1. The molecule has 1 aliphatic rings. The van der Waals surface area contributed by atoms with E-state index >= 15 is 0 Å². The standard InChI is InChI=1S/C13H14Br2FNO/c14-10-3-1-8(5-10)7-17-13(18)9-2-4-11(15)12(16)6-9/h2,4,6,8,10H,1,3,5,7H2,(H,17,18). The van der Waals surface area contributed by atoms with Gasteiger partial charge in [0.2, 0.25) is 0 Å². The predicted molar refractivity (Wildman–Crippen MR) is 76.5 cm³/mol. The summed E-state index contributed by atoms with van der Waals surface area (Å²) in [6, 6.07) is 4.42. The van der Waals surface area contributed by atoms with Crippen molar-refractivity contribution in [1.29, 1.82) is 0 Å². The zero-order chi connectivity index (χ0) is 13.1. The highest BCUT2D eigenvalue weighted by molar-refractivity contribution is 9.10. The number of hydrogen-bond acceptors (Lipinski definition) is 1. The van der Waals surface area contributed by atoms with Gasteiger partial charge in [0.15, 0.2) is 0 Å². The van der Waals surface area contributed by atoms with Crippen molar-refractivity contribution in [3.05, 3.63) is 34.1 Å². The van der Waals surface area contributed by atoms with E-state index in [1.165, 1.54) is 6.07 Å². The molecular formula is C13H14Br2FNO. The van der Waals surface area contributed by atoms with Crippen molar-refractivity contribution >= 4 is 37.8 Å². The van der Waals surface area contributed by atoms with Gasteiger partial charge in [-0.15, -0.1) is 0 Å².